The van der Waals surface area contributed by atoms with Crippen LogP contribution in [-0.4, -0.2) is 12.5 Å². The number of halogens is 1. The molecule has 0 aromatic heterocycles. The fourth-order valence-corrected chi connectivity index (χ4v) is 2.44. The largest absolute Gasteiger partial charge is 0.384 e. The third kappa shape index (κ3) is 4.50. The maximum Gasteiger partial charge on any atom is 0.226 e. The van der Waals surface area contributed by atoms with E-state index in [0.717, 1.165) is 16.9 Å². The molecule has 1 amide bonds. The summed E-state index contributed by atoms with van der Waals surface area (Å²) in [7, 11) is 0. The molecule has 0 bridgehead atoms. The van der Waals surface area contributed by atoms with Crippen molar-refractivity contribution in [2.75, 3.05) is 17.2 Å². The number of nitrogens with one attached hydrogen (secondary N) is 2. The molecule has 4 heteroatoms. The summed E-state index contributed by atoms with van der Waals surface area (Å²) >= 11 is 5.91. The van der Waals surface area contributed by atoms with Gasteiger partial charge in [0, 0.05) is 29.4 Å². The molecule has 0 fully saturated rings. The summed E-state index contributed by atoms with van der Waals surface area (Å²) in [5.74, 6) is -0.0109. The number of hydrogen-bond acceptors (Lipinski definition) is 2. The Morgan fingerprint density at radius 1 is 1.00 bits per heavy atom. The zero-order valence-corrected chi connectivity index (χ0v) is 13.9. The molecule has 0 heterocycles. The van der Waals surface area contributed by atoms with Gasteiger partial charge < -0.3 is 10.6 Å². The SMILES string of the molecule is Cc1ccc(C)c(NCCC(=O)Nc2ccc(Cl)cc2C)c1. The monoisotopic (exact) mass is 316 g/mol. The van der Waals surface area contributed by atoms with E-state index in [-0.39, 0.29) is 5.91 Å². The van der Waals surface area contributed by atoms with Gasteiger partial charge in [0.1, 0.15) is 0 Å². The Balaban J connectivity index is 1.86. The van der Waals surface area contributed by atoms with Gasteiger partial charge in [0.25, 0.3) is 0 Å². The highest BCUT2D eigenvalue weighted by molar-refractivity contribution is 6.30. The molecule has 116 valence electrons. The first-order valence-electron chi connectivity index (χ1n) is 7.33. The molecule has 0 aliphatic heterocycles. The molecule has 2 aromatic carbocycles. The minimum absolute atomic E-state index is 0.0109. The minimum atomic E-state index is -0.0109. The smallest absolute Gasteiger partial charge is 0.226 e. The van der Waals surface area contributed by atoms with E-state index < -0.39 is 0 Å². The number of carbonyl (C=O) groups is 1. The first-order valence-corrected chi connectivity index (χ1v) is 7.70. The Bertz CT molecular complexity index is 683. The van der Waals surface area contributed by atoms with Crippen LogP contribution < -0.4 is 10.6 Å². The topological polar surface area (TPSA) is 41.1 Å². The molecule has 0 saturated heterocycles. The second-order valence-electron chi connectivity index (χ2n) is 5.50. The van der Waals surface area contributed by atoms with E-state index in [9.17, 15) is 4.79 Å². The molecular weight excluding hydrogens is 296 g/mol. The van der Waals surface area contributed by atoms with Crippen molar-refractivity contribution in [2.45, 2.75) is 27.2 Å². The van der Waals surface area contributed by atoms with Gasteiger partial charge in [0.15, 0.2) is 0 Å². The standard InChI is InChI=1S/C18H21ClN2O/c1-12-4-5-13(2)17(10-12)20-9-8-18(22)21-16-7-6-15(19)11-14(16)3/h4-7,10-11,20H,8-9H2,1-3H3,(H,21,22). The minimum Gasteiger partial charge on any atom is -0.384 e. The van der Waals surface area contributed by atoms with Crippen molar-refractivity contribution in [2.24, 2.45) is 0 Å². The zero-order chi connectivity index (χ0) is 16.1. The van der Waals surface area contributed by atoms with Gasteiger partial charge in [-0.05, 0) is 61.7 Å². The summed E-state index contributed by atoms with van der Waals surface area (Å²) in [5.41, 5.74) is 5.23. The van der Waals surface area contributed by atoms with Gasteiger partial charge in [0.2, 0.25) is 5.91 Å². The summed E-state index contributed by atoms with van der Waals surface area (Å²) in [6, 6.07) is 11.7. The van der Waals surface area contributed by atoms with Crippen molar-refractivity contribution < 1.29 is 4.79 Å². The third-order valence-corrected chi connectivity index (χ3v) is 3.76. The molecule has 3 nitrogen and oxygen atoms in total. The van der Waals surface area contributed by atoms with Gasteiger partial charge in [-0.3, -0.25) is 4.79 Å². The predicted molar refractivity (Wildman–Crippen MR) is 93.8 cm³/mol. The molecule has 0 spiro atoms. The highest BCUT2D eigenvalue weighted by Crippen LogP contribution is 2.20. The number of rotatable bonds is 5. The van der Waals surface area contributed by atoms with Crippen LogP contribution in [0, 0.1) is 20.8 Å². The van der Waals surface area contributed by atoms with E-state index in [4.69, 9.17) is 11.6 Å². The summed E-state index contributed by atoms with van der Waals surface area (Å²) in [4.78, 5) is 12.0. The Labute approximate surface area is 136 Å². The molecule has 22 heavy (non-hydrogen) atoms. The third-order valence-electron chi connectivity index (χ3n) is 3.52. The first kappa shape index (κ1) is 16.4. The first-order chi connectivity index (χ1) is 10.5. The fourth-order valence-electron chi connectivity index (χ4n) is 2.22. The highest BCUT2D eigenvalue weighted by Gasteiger charge is 2.06. The van der Waals surface area contributed by atoms with Crippen molar-refractivity contribution in [3.05, 3.63) is 58.1 Å². The molecule has 0 unspecified atom stereocenters. The number of hydrogen-bond donors (Lipinski definition) is 2. The second-order valence-corrected chi connectivity index (χ2v) is 5.94. The number of aryl methyl sites for hydroxylation is 3. The van der Waals surface area contributed by atoms with Gasteiger partial charge in [-0.1, -0.05) is 23.7 Å². The van der Waals surface area contributed by atoms with E-state index >= 15 is 0 Å². The summed E-state index contributed by atoms with van der Waals surface area (Å²) in [6.07, 6.45) is 0.412. The van der Waals surface area contributed by atoms with E-state index in [1.807, 2.05) is 19.1 Å². The predicted octanol–water partition coefficient (Wildman–Crippen LogP) is 4.71. The van der Waals surface area contributed by atoms with E-state index in [1.165, 1.54) is 11.1 Å². The molecule has 2 aromatic rings. The zero-order valence-electron chi connectivity index (χ0n) is 13.2. The summed E-state index contributed by atoms with van der Waals surface area (Å²) in [6.45, 7) is 6.64. The molecule has 0 radical (unpaired) electrons. The molecule has 0 aliphatic rings. The number of carbonyl (C=O) groups excluding carboxylic acids is 1. The van der Waals surface area contributed by atoms with Crippen LogP contribution in [0.4, 0.5) is 11.4 Å². The quantitative estimate of drug-likeness (QED) is 0.839. The van der Waals surface area contributed by atoms with E-state index in [0.29, 0.717) is 18.0 Å². The summed E-state index contributed by atoms with van der Waals surface area (Å²) < 4.78 is 0. The second kappa shape index (κ2) is 7.32. The van der Waals surface area contributed by atoms with Crippen LogP contribution >= 0.6 is 11.6 Å². The van der Waals surface area contributed by atoms with E-state index in [1.54, 1.807) is 6.07 Å². The van der Waals surface area contributed by atoms with Crippen LogP contribution in [0.1, 0.15) is 23.1 Å². The maximum absolute atomic E-state index is 12.0. The average Bonchev–Trinajstić information content (AvgIpc) is 2.46. The summed E-state index contributed by atoms with van der Waals surface area (Å²) in [5, 5.41) is 6.90. The van der Waals surface area contributed by atoms with Crippen LogP contribution in [0.3, 0.4) is 0 Å². The molecule has 2 rings (SSSR count). The van der Waals surface area contributed by atoms with Crippen LogP contribution in [-0.2, 0) is 4.79 Å². The average molecular weight is 317 g/mol. The molecule has 0 atom stereocenters. The van der Waals surface area contributed by atoms with Crippen LogP contribution in [0.2, 0.25) is 5.02 Å². The lowest BCUT2D eigenvalue weighted by Crippen LogP contribution is -2.17. The molecular formula is C18H21ClN2O. The van der Waals surface area contributed by atoms with Gasteiger partial charge in [-0.2, -0.15) is 0 Å². The normalized spacial score (nSPS) is 10.4. The number of anilines is 2. The van der Waals surface area contributed by atoms with Gasteiger partial charge in [0.05, 0.1) is 0 Å². The number of benzene rings is 2. The molecule has 0 saturated carbocycles. The lowest BCUT2D eigenvalue weighted by atomic mass is 10.1. The van der Waals surface area contributed by atoms with E-state index in [2.05, 4.69) is 42.7 Å². The number of amides is 1. The molecule has 0 aliphatic carbocycles. The van der Waals surface area contributed by atoms with Crippen LogP contribution in [0.25, 0.3) is 0 Å². The molecule has 2 N–H and O–H groups in total. The Morgan fingerprint density at radius 2 is 1.77 bits per heavy atom. The van der Waals surface area contributed by atoms with Gasteiger partial charge >= 0.3 is 0 Å². The Kier molecular flexibility index (Phi) is 5.45. The Hall–Kier alpha value is -2.00. The van der Waals surface area contributed by atoms with Gasteiger partial charge in [-0.25, -0.2) is 0 Å². The lowest BCUT2D eigenvalue weighted by Gasteiger charge is -2.11. The van der Waals surface area contributed by atoms with Crippen molar-refractivity contribution in [3.63, 3.8) is 0 Å². The van der Waals surface area contributed by atoms with Gasteiger partial charge in [-0.15, -0.1) is 0 Å². The van der Waals surface area contributed by atoms with Crippen molar-refractivity contribution in [1.82, 2.24) is 0 Å². The van der Waals surface area contributed by atoms with Crippen molar-refractivity contribution >= 4 is 28.9 Å². The van der Waals surface area contributed by atoms with Crippen LogP contribution in [0.15, 0.2) is 36.4 Å². The lowest BCUT2D eigenvalue weighted by molar-refractivity contribution is -0.115. The van der Waals surface area contributed by atoms with Crippen molar-refractivity contribution in [3.8, 4) is 0 Å². The van der Waals surface area contributed by atoms with Crippen LogP contribution in [0.5, 0.6) is 0 Å². The Morgan fingerprint density at radius 3 is 2.50 bits per heavy atom. The highest BCUT2D eigenvalue weighted by atomic mass is 35.5. The van der Waals surface area contributed by atoms with Crippen molar-refractivity contribution in [1.29, 1.82) is 0 Å². The maximum atomic E-state index is 12.0. The fraction of sp³-hybridized carbons (Fsp3) is 0.278.